The van der Waals surface area contributed by atoms with Crippen molar-refractivity contribution < 1.29 is 43.2 Å². The highest BCUT2D eigenvalue weighted by Gasteiger charge is 2.17. The first-order valence-electron chi connectivity index (χ1n) is 19.9. The van der Waals surface area contributed by atoms with Gasteiger partial charge in [-0.1, -0.05) is 123 Å². The summed E-state index contributed by atoms with van der Waals surface area (Å²) in [5, 5.41) is 9.71. The molecule has 0 bridgehead atoms. The van der Waals surface area contributed by atoms with Crippen LogP contribution in [0.4, 0.5) is 0 Å². The first-order valence-corrected chi connectivity index (χ1v) is 19.9. The molecule has 288 valence electrons. The summed E-state index contributed by atoms with van der Waals surface area (Å²) in [7, 11) is 0. The van der Waals surface area contributed by atoms with Crippen molar-refractivity contribution >= 4 is 17.9 Å². The molecule has 0 heterocycles. The second-order valence-corrected chi connectivity index (χ2v) is 13.2. The van der Waals surface area contributed by atoms with Gasteiger partial charge in [0.25, 0.3) is 0 Å². The first kappa shape index (κ1) is 47.0. The maximum absolute atomic E-state index is 12.5. The van der Waals surface area contributed by atoms with Crippen LogP contribution in [0.5, 0.6) is 0 Å². The van der Waals surface area contributed by atoms with Crippen molar-refractivity contribution in [3.8, 4) is 0 Å². The van der Waals surface area contributed by atoms with Gasteiger partial charge in [0, 0.05) is 32.5 Å². The SMILES string of the molecule is CCCCCC/C=C\COC(=O)CCCCCC(=O)OCC(CO)COC(=O)CCC(OCCCCCCCC)OCCCCCCCC. The van der Waals surface area contributed by atoms with Crippen molar-refractivity contribution in [2.45, 2.75) is 181 Å². The van der Waals surface area contributed by atoms with Crippen molar-refractivity contribution in [1.29, 1.82) is 0 Å². The topological polar surface area (TPSA) is 118 Å². The van der Waals surface area contributed by atoms with Gasteiger partial charge >= 0.3 is 17.9 Å². The maximum Gasteiger partial charge on any atom is 0.306 e. The lowest BCUT2D eigenvalue weighted by atomic mass is 10.1. The van der Waals surface area contributed by atoms with E-state index in [1.807, 2.05) is 6.08 Å². The summed E-state index contributed by atoms with van der Waals surface area (Å²) < 4.78 is 27.9. The number of carbonyl (C=O) groups is 3. The second-order valence-electron chi connectivity index (χ2n) is 13.2. The number of allylic oxidation sites excluding steroid dienone is 1. The number of carbonyl (C=O) groups excluding carboxylic acids is 3. The lowest BCUT2D eigenvalue weighted by molar-refractivity contribution is -0.161. The summed E-state index contributed by atoms with van der Waals surface area (Å²) in [4.78, 5) is 36.5. The fourth-order valence-electron chi connectivity index (χ4n) is 5.17. The Morgan fingerprint density at radius 2 is 0.980 bits per heavy atom. The van der Waals surface area contributed by atoms with E-state index in [1.54, 1.807) is 0 Å². The van der Waals surface area contributed by atoms with Gasteiger partial charge in [-0.3, -0.25) is 14.4 Å². The number of hydrogen-bond acceptors (Lipinski definition) is 9. The number of esters is 3. The Morgan fingerprint density at radius 3 is 1.51 bits per heavy atom. The molecule has 0 aliphatic carbocycles. The van der Waals surface area contributed by atoms with E-state index in [0.717, 1.165) is 32.1 Å². The minimum Gasteiger partial charge on any atom is -0.465 e. The summed E-state index contributed by atoms with van der Waals surface area (Å²) in [6, 6.07) is 0. The molecule has 9 nitrogen and oxygen atoms in total. The van der Waals surface area contributed by atoms with Crippen molar-refractivity contribution in [1.82, 2.24) is 0 Å². The second kappa shape index (κ2) is 37.3. The Morgan fingerprint density at radius 1 is 0.531 bits per heavy atom. The predicted molar refractivity (Wildman–Crippen MR) is 196 cm³/mol. The van der Waals surface area contributed by atoms with Gasteiger partial charge in [0.15, 0.2) is 6.29 Å². The molecule has 0 saturated heterocycles. The Labute approximate surface area is 299 Å². The standard InChI is InChI=1S/C40H74O9/c1-4-7-10-13-16-19-23-30-45-37(42)26-21-20-22-27-38(43)48-34-36(33-41)35-49-39(44)28-29-40(46-31-24-17-14-11-8-5-2)47-32-25-18-15-12-9-6-3/h19,23,36,40-41H,4-18,20-22,24-35H2,1-3H3/b23-19-. The van der Waals surface area contributed by atoms with Gasteiger partial charge in [-0.05, 0) is 38.5 Å². The minimum atomic E-state index is -0.489. The molecule has 0 aromatic rings. The van der Waals surface area contributed by atoms with E-state index in [0.29, 0.717) is 51.9 Å². The Kier molecular flexibility index (Phi) is 35.8. The molecule has 49 heavy (non-hydrogen) atoms. The van der Waals surface area contributed by atoms with E-state index in [2.05, 4.69) is 26.8 Å². The fraction of sp³-hybridized carbons (Fsp3) is 0.875. The average Bonchev–Trinajstić information content (AvgIpc) is 3.10. The van der Waals surface area contributed by atoms with E-state index in [4.69, 9.17) is 23.7 Å². The molecule has 0 fully saturated rings. The fourth-order valence-corrected chi connectivity index (χ4v) is 5.17. The van der Waals surface area contributed by atoms with Crippen LogP contribution in [0, 0.1) is 5.92 Å². The summed E-state index contributed by atoms with van der Waals surface area (Å²) >= 11 is 0. The molecule has 1 unspecified atom stereocenters. The third kappa shape index (κ3) is 34.3. The third-order valence-electron chi connectivity index (χ3n) is 8.40. The van der Waals surface area contributed by atoms with Crippen molar-refractivity contribution in [2.75, 3.05) is 39.6 Å². The largest absolute Gasteiger partial charge is 0.465 e. The zero-order valence-electron chi connectivity index (χ0n) is 31.7. The van der Waals surface area contributed by atoms with Crippen LogP contribution in [-0.4, -0.2) is 68.9 Å². The molecule has 0 aromatic heterocycles. The quantitative estimate of drug-likeness (QED) is 0.0222. The van der Waals surface area contributed by atoms with Crippen LogP contribution in [0.15, 0.2) is 12.2 Å². The zero-order valence-corrected chi connectivity index (χ0v) is 31.7. The van der Waals surface area contributed by atoms with Gasteiger partial charge in [-0.2, -0.15) is 0 Å². The minimum absolute atomic E-state index is 0.0214. The number of aliphatic hydroxyl groups is 1. The van der Waals surface area contributed by atoms with E-state index in [9.17, 15) is 19.5 Å². The van der Waals surface area contributed by atoms with Crippen LogP contribution in [0.3, 0.4) is 0 Å². The van der Waals surface area contributed by atoms with E-state index < -0.39 is 18.2 Å². The van der Waals surface area contributed by atoms with Crippen molar-refractivity contribution in [3.63, 3.8) is 0 Å². The van der Waals surface area contributed by atoms with Crippen molar-refractivity contribution in [3.05, 3.63) is 12.2 Å². The van der Waals surface area contributed by atoms with Crippen LogP contribution in [-0.2, 0) is 38.1 Å². The molecule has 0 aliphatic rings. The molecule has 0 rings (SSSR count). The lowest BCUT2D eigenvalue weighted by Gasteiger charge is -2.19. The first-order chi connectivity index (χ1) is 24.0. The van der Waals surface area contributed by atoms with Gasteiger partial charge in [0.1, 0.15) is 6.61 Å². The summed E-state index contributed by atoms with van der Waals surface area (Å²) in [5.41, 5.74) is 0. The van der Waals surface area contributed by atoms with E-state index in [1.165, 1.54) is 77.0 Å². The van der Waals surface area contributed by atoms with Gasteiger partial charge in [-0.25, -0.2) is 0 Å². The Bertz CT molecular complexity index is 768. The van der Waals surface area contributed by atoms with Crippen LogP contribution < -0.4 is 0 Å². The normalized spacial score (nSPS) is 12.1. The van der Waals surface area contributed by atoms with Crippen LogP contribution >= 0.6 is 0 Å². The molecule has 1 atom stereocenters. The molecule has 0 saturated carbocycles. The Balaban J connectivity index is 4.17. The molecule has 0 aliphatic heterocycles. The van der Waals surface area contributed by atoms with Crippen LogP contribution in [0.1, 0.15) is 175 Å². The Hall–Kier alpha value is -1.97. The molecule has 0 aromatic carbocycles. The number of aliphatic hydroxyl groups excluding tert-OH is 1. The number of unbranched alkanes of at least 4 members (excludes halogenated alkanes) is 16. The zero-order chi connectivity index (χ0) is 36.0. The smallest absolute Gasteiger partial charge is 0.306 e. The highest BCUT2D eigenvalue weighted by molar-refractivity contribution is 5.70. The molecule has 1 N–H and O–H groups in total. The molecule has 0 spiro atoms. The number of rotatable bonds is 37. The predicted octanol–water partition coefficient (Wildman–Crippen LogP) is 9.56. The maximum atomic E-state index is 12.5. The number of ether oxygens (including phenoxy) is 5. The average molecular weight is 699 g/mol. The molecule has 0 radical (unpaired) electrons. The molecular formula is C40H74O9. The number of hydrogen-bond donors (Lipinski definition) is 1. The van der Waals surface area contributed by atoms with E-state index in [-0.39, 0.29) is 44.6 Å². The van der Waals surface area contributed by atoms with E-state index >= 15 is 0 Å². The van der Waals surface area contributed by atoms with Gasteiger partial charge in [0.2, 0.25) is 0 Å². The lowest BCUT2D eigenvalue weighted by Crippen LogP contribution is -2.25. The summed E-state index contributed by atoms with van der Waals surface area (Å²) in [6.07, 6.45) is 26.7. The van der Waals surface area contributed by atoms with Gasteiger partial charge < -0.3 is 28.8 Å². The third-order valence-corrected chi connectivity index (χ3v) is 8.40. The summed E-state index contributed by atoms with van der Waals surface area (Å²) in [6.45, 7) is 7.84. The highest BCUT2D eigenvalue weighted by Crippen LogP contribution is 2.13. The highest BCUT2D eigenvalue weighted by atomic mass is 16.7. The monoisotopic (exact) mass is 699 g/mol. The van der Waals surface area contributed by atoms with Crippen LogP contribution in [0.2, 0.25) is 0 Å². The molecule has 0 amide bonds. The van der Waals surface area contributed by atoms with Crippen molar-refractivity contribution in [2.24, 2.45) is 5.92 Å². The summed E-state index contributed by atoms with van der Waals surface area (Å²) in [5.74, 6) is -1.48. The van der Waals surface area contributed by atoms with Crippen LogP contribution in [0.25, 0.3) is 0 Å². The molecule has 9 heteroatoms. The molecular weight excluding hydrogens is 624 g/mol. The van der Waals surface area contributed by atoms with Gasteiger partial charge in [-0.15, -0.1) is 0 Å². The van der Waals surface area contributed by atoms with Gasteiger partial charge in [0.05, 0.1) is 32.2 Å².